The van der Waals surface area contributed by atoms with Gasteiger partial charge in [0.25, 0.3) is 0 Å². The molecule has 2 rings (SSSR count). The third kappa shape index (κ3) is 4.85. The van der Waals surface area contributed by atoms with Gasteiger partial charge in [0.05, 0.1) is 6.61 Å². The van der Waals surface area contributed by atoms with E-state index in [1.54, 1.807) is 18.5 Å². The highest BCUT2D eigenvalue weighted by Crippen LogP contribution is 2.25. The molecule has 1 heterocycles. The van der Waals surface area contributed by atoms with Crippen molar-refractivity contribution < 1.29 is 19.7 Å². The number of esters is 1. The maximum absolute atomic E-state index is 11.9. The first-order chi connectivity index (χ1) is 11.6. The smallest absolute Gasteiger partial charge is 0.348 e. The molecule has 6 nitrogen and oxygen atoms in total. The molecule has 0 fully saturated rings. The van der Waals surface area contributed by atoms with Crippen LogP contribution in [-0.4, -0.2) is 27.8 Å². The standard InChI is InChI=1S/C18H16N2O4/c19-11-15(9-14-5-6-16(21)17(22)10-14)18(23)24-8-2-4-13-3-1-7-20-12-13/h1,3,5-7,9-10,12,21-22H,2,4,8H2/b15-9+. The number of aromatic nitrogens is 1. The number of phenols is 2. The van der Waals surface area contributed by atoms with Gasteiger partial charge in [0.1, 0.15) is 11.6 Å². The summed E-state index contributed by atoms with van der Waals surface area (Å²) in [5.41, 5.74) is 1.28. The summed E-state index contributed by atoms with van der Waals surface area (Å²) >= 11 is 0. The molecule has 0 aliphatic heterocycles. The van der Waals surface area contributed by atoms with Gasteiger partial charge in [-0.15, -0.1) is 0 Å². The van der Waals surface area contributed by atoms with Gasteiger partial charge in [-0.2, -0.15) is 5.26 Å². The van der Waals surface area contributed by atoms with Crippen LogP contribution in [0.3, 0.4) is 0 Å². The van der Waals surface area contributed by atoms with Crippen LogP contribution in [0.2, 0.25) is 0 Å². The first-order valence-electron chi connectivity index (χ1n) is 7.30. The largest absolute Gasteiger partial charge is 0.504 e. The van der Waals surface area contributed by atoms with E-state index in [4.69, 9.17) is 10.00 Å². The third-order valence-electron chi connectivity index (χ3n) is 3.22. The number of rotatable bonds is 6. The number of hydrogen-bond donors (Lipinski definition) is 2. The number of carbonyl (C=O) groups excluding carboxylic acids is 1. The lowest BCUT2D eigenvalue weighted by atomic mass is 10.1. The van der Waals surface area contributed by atoms with Gasteiger partial charge in [0.15, 0.2) is 11.5 Å². The van der Waals surface area contributed by atoms with Crippen LogP contribution < -0.4 is 0 Å². The normalized spacial score (nSPS) is 10.9. The molecule has 2 aromatic rings. The molecule has 0 radical (unpaired) electrons. The highest BCUT2D eigenvalue weighted by atomic mass is 16.5. The molecule has 6 heteroatoms. The Morgan fingerprint density at radius 2 is 2.12 bits per heavy atom. The molecule has 0 unspecified atom stereocenters. The van der Waals surface area contributed by atoms with Crippen LogP contribution in [0.15, 0.2) is 48.3 Å². The second kappa shape index (κ2) is 8.34. The fourth-order valence-electron chi connectivity index (χ4n) is 2.00. The maximum atomic E-state index is 11.9. The molecule has 0 atom stereocenters. The molecule has 0 aliphatic rings. The number of nitrogens with zero attached hydrogens (tertiary/aromatic N) is 2. The zero-order valence-corrected chi connectivity index (χ0v) is 12.8. The van der Waals surface area contributed by atoms with Crippen molar-refractivity contribution in [2.75, 3.05) is 6.61 Å². The minimum absolute atomic E-state index is 0.179. The summed E-state index contributed by atoms with van der Waals surface area (Å²) in [5.74, 6) is -1.33. The van der Waals surface area contributed by atoms with Crippen LogP contribution in [0.1, 0.15) is 17.5 Å². The zero-order chi connectivity index (χ0) is 17.4. The van der Waals surface area contributed by atoms with Gasteiger partial charge in [-0.3, -0.25) is 4.98 Å². The summed E-state index contributed by atoms with van der Waals surface area (Å²) < 4.78 is 5.08. The van der Waals surface area contributed by atoms with E-state index < -0.39 is 5.97 Å². The summed E-state index contributed by atoms with van der Waals surface area (Å²) in [5, 5.41) is 27.7. The second-order valence-electron chi connectivity index (χ2n) is 5.02. The second-order valence-corrected chi connectivity index (χ2v) is 5.02. The number of phenolic OH excluding ortho intramolecular Hbond substituents is 2. The predicted molar refractivity (Wildman–Crippen MR) is 86.9 cm³/mol. The first kappa shape index (κ1) is 17.0. The van der Waals surface area contributed by atoms with E-state index >= 15 is 0 Å². The number of aromatic hydroxyl groups is 2. The highest BCUT2D eigenvalue weighted by molar-refractivity contribution is 5.97. The maximum Gasteiger partial charge on any atom is 0.348 e. The Labute approximate surface area is 139 Å². The topological polar surface area (TPSA) is 103 Å². The predicted octanol–water partition coefficient (Wildman–Crippen LogP) is 2.58. The first-order valence-corrected chi connectivity index (χ1v) is 7.30. The van der Waals surface area contributed by atoms with Gasteiger partial charge < -0.3 is 14.9 Å². The van der Waals surface area contributed by atoms with Gasteiger partial charge >= 0.3 is 5.97 Å². The lowest BCUT2D eigenvalue weighted by Crippen LogP contribution is -2.08. The van der Waals surface area contributed by atoms with Crippen LogP contribution in [0.4, 0.5) is 0 Å². The van der Waals surface area contributed by atoms with Gasteiger partial charge in [-0.05, 0) is 48.2 Å². The van der Waals surface area contributed by atoms with Crippen molar-refractivity contribution in [2.45, 2.75) is 12.8 Å². The lowest BCUT2D eigenvalue weighted by molar-refractivity contribution is -0.138. The SMILES string of the molecule is N#C/C(=C\c1ccc(O)c(O)c1)C(=O)OCCCc1cccnc1. The molecule has 0 bridgehead atoms. The monoisotopic (exact) mass is 324 g/mol. The van der Waals surface area contributed by atoms with E-state index in [1.807, 2.05) is 12.1 Å². The van der Waals surface area contributed by atoms with Crippen molar-refractivity contribution in [3.05, 3.63) is 59.4 Å². The molecule has 0 amide bonds. The van der Waals surface area contributed by atoms with Crippen molar-refractivity contribution in [3.8, 4) is 17.6 Å². The quantitative estimate of drug-likeness (QED) is 0.278. The Balaban J connectivity index is 1.90. The van der Waals surface area contributed by atoms with E-state index in [0.717, 1.165) is 12.0 Å². The average Bonchev–Trinajstić information content (AvgIpc) is 2.60. The fourth-order valence-corrected chi connectivity index (χ4v) is 2.00. The van der Waals surface area contributed by atoms with Crippen molar-refractivity contribution in [3.63, 3.8) is 0 Å². The third-order valence-corrected chi connectivity index (χ3v) is 3.22. The van der Waals surface area contributed by atoms with E-state index in [9.17, 15) is 15.0 Å². The van der Waals surface area contributed by atoms with Gasteiger partial charge in [0.2, 0.25) is 0 Å². The van der Waals surface area contributed by atoms with Crippen LogP contribution in [0, 0.1) is 11.3 Å². The van der Waals surface area contributed by atoms with Crippen LogP contribution in [0.5, 0.6) is 11.5 Å². The number of aryl methyl sites for hydroxylation is 1. The summed E-state index contributed by atoms with van der Waals surface area (Å²) in [4.78, 5) is 15.9. The molecular formula is C18H16N2O4. The summed E-state index contributed by atoms with van der Waals surface area (Å²) in [7, 11) is 0. The van der Waals surface area contributed by atoms with Gasteiger partial charge in [-0.25, -0.2) is 4.79 Å². The number of pyridine rings is 1. The van der Waals surface area contributed by atoms with Gasteiger partial charge in [-0.1, -0.05) is 12.1 Å². The van der Waals surface area contributed by atoms with Crippen molar-refractivity contribution in [1.29, 1.82) is 5.26 Å². The van der Waals surface area contributed by atoms with E-state index in [2.05, 4.69) is 4.98 Å². The summed E-state index contributed by atoms with van der Waals surface area (Å²) in [6.07, 6.45) is 6.08. The van der Waals surface area contributed by atoms with Crippen LogP contribution in [0.25, 0.3) is 6.08 Å². The molecule has 2 N–H and O–H groups in total. The molecule has 0 aliphatic carbocycles. The molecule has 0 spiro atoms. The zero-order valence-electron chi connectivity index (χ0n) is 12.8. The Hall–Kier alpha value is -3.33. The Bertz CT molecular complexity index is 779. The van der Waals surface area contributed by atoms with E-state index in [-0.39, 0.29) is 23.7 Å². The molecule has 1 aromatic heterocycles. The summed E-state index contributed by atoms with van der Waals surface area (Å²) in [6.45, 7) is 0.188. The van der Waals surface area contributed by atoms with Crippen molar-refractivity contribution in [1.82, 2.24) is 4.98 Å². The van der Waals surface area contributed by atoms with Crippen molar-refractivity contribution >= 4 is 12.0 Å². The number of benzene rings is 1. The molecule has 24 heavy (non-hydrogen) atoms. The molecule has 122 valence electrons. The fraction of sp³-hybridized carbons (Fsp3) is 0.167. The minimum Gasteiger partial charge on any atom is -0.504 e. The van der Waals surface area contributed by atoms with Gasteiger partial charge in [0, 0.05) is 12.4 Å². The van der Waals surface area contributed by atoms with Crippen LogP contribution in [-0.2, 0) is 16.0 Å². The Morgan fingerprint density at radius 1 is 1.29 bits per heavy atom. The number of carbonyl (C=O) groups is 1. The van der Waals surface area contributed by atoms with E-state index in [0.29, 0.717) is 12.0 Å². The molecule has 1 aromatic carbocycles. The average molecular weight is 324 g/mol. The van der Waals surface area contributed by atoms with Crippen LogP contribution >= 0.6 is 0 Å². The summed E-state index contributed by atoms with van der Waals surface area (Å²) in [6, 6.07) is 9.55. The number of nitriles is 1. The Kier molecular flexibility index (Phi) is 5.92. The highest BCUT2D eigenvalue weighted by Gasteiger charge is 2.11. The molecule has 0 saturated heterocycles. The Morgan fingerprint density at radius 3 is 2.79 bits per heavy atom. The number of hydrogen-bond acceptors (Lipinski definition) is 6. The minimum atomic E-state index is -0.726. The van der Waals surface area contributed by atoms with E-state index in [1.165, 1.54) is 24.3 Å². The molecular weight excluding hydrogens is 308 g/mol. The number of ether oxygens (including phenoxy) is 1. The lowest BCUT2D eigenvalue weighted by Gasteiger charge is -2.04. The van der Waals surface area contributed by atoms with Crippen molar-refractivity contribution in [2.24, 2.45) is 0 Å². The molecule has 0 saturated carbocycles.